The number of hydrogen-bond acceptors (Lipinski definition) is 10. The van der Waals surface area contributed by atoms with Gasteiger partial charge in [-0.05, 0) is 90.9 Å². The number of rotatable bonds is 30. The average molecular weight is 923 g/mol. The van der Waals surface area contributed by atoms with E-state index >= 15 is 0 Å². The van der Waals surface area contributed by atoms with Gasteiger partial charge in [-0.3, -0.25) is 18.9 Å². The van der Waals surface area contributed by atoms with Gasteiger partial charge in [-0.2, -0.15) is 0 Å². The Morgan fingerprint density at radius 3 is 1.41 bits per heavy atom. The Labute approximate surface area is 399 Å². The van der Waals surface area contributed by atoms with Crippen LogP contribution in [0.4, 0.5) is 11.4 Å². The van der Waals surface area contributed by atoms with Crippen LogP contribution in [0.5, 0.6) is 0 Å². The molecule has 0 aliphatic carbocycles. The molecule has 2 atom stereocenters. The molecule has 12 nitrogen and oxygen atoms in total. The van der Waals surface area contributed by atoms with Crippen molar-refractivity contribution in [1.82, 2.24) is 18.9 Å². The second-order valence-corrected chi connectivity index (χ2v) is 21.1. The minimum atomic E-state index is -0.741. The van der Waals surface area contributed by atoms with Gasteiger partial charge in [0.25, 0.3) is 0 Å². The van der Waals surface area contributed by atoms with Crippen LogP contribution >= 0.6 is 0 Å². The molecular weight excluding hydrogens is 833 g/mol. The van der Waals surface area contributed by atoms with Gasteiger partial charge in [0.2, 0.25) is 0 Å². The van der Waals surface area contributed by atoms with E-state index in [4.69, 9.17) is 47.9 Å². The molecule has 1 fully saturated rings. The number of hydrogen-bond donors (Lipinski definition) is 0. The van der Waals surface area contributed by atoms with E-state index in [1.165, 1.54) is 101 Å². The highest BCUT2D eigenvalue weighted by molar-refractivity contribution is 5.53. The molecule has 66 heavy (non-hydrogen) atoms. The van der Waals surface area contributed by atoms with Gasteiger partial charge in [0.1, 0.15) is 0 Å². The van der Waals surface area contributed by atoms with Crippen LogP contribution in [0.2, 0.25) is 0 Å². The van der Waals surface area contributed by atoms with Crippen LogP contribution in [0.15, 0.2) is 49.1 Å². The predicted octanol–water partition coefficient (Wildman–Crippen LogP) is 12.3. The summed E-state index contributed by atoms with van der Waals surface area (Å²) in [6, 6.07) is 0. The molecular formula is C54H90N4O8+2. The zero-order chi connectivity index (χ0) is 47.5. The summed E-state index contributed by atoms with van der Waals surface area (Å²) >= 11 is 0. The van der Waals surface area contributed by atoms with E-state index in [1.54, 1.807) is 0 Å². The molecule has 2 aromatic rings. The van der Waals surface area contributed by atoms with Gasteiger partial charge >= 0.3 is 0 Å². The van der Waals surface area contributed by atoms with Crippen LogP contribution in [0.3, 0.4) is 0 Å². The monoisotopic (exact) mass is 923 g/mol. The van der Waals surface area contributed by atoms with E-state index in [0.29, 0.717) is 35.4 Å². The zero-order valence-electron chi connectivity index (χ0n) is 42.7. The molecule has 2 unspecified atom stereocenters. The number of aromatic nitrogens is 2. The fraction of sp³-hybridized carbons (Fsp3) is 0.741. The topological polar surface area (TPSA) is 99.6 Å². The van der Waals surface area contributed by atoms with Gasteiger partial charge in [0.15, 0.2) is 43.3 Å². The maximum Gasteiger partial charge on any atom is 0.192 e. The van der Waals surface area contributed by atoms with Gasteiger partial charge in [0, 0.05) is 23.5 Å². The first-order chi connectivity index (χ1) is 31.7. The van der Waals surface area contributed by atoms with E-state index in [1.807, 2.05) is 38.6 Å². The lowest BCUT2D eigenvalue weighted by Gasteiger charge is -2.44. The summed E-state index contributed by atoms with van der Waals surface area (Å²) in [7, 11) is 9.02. The number of unbranched alkanes of at least 4 members (excludes halogenated alkanes) is 10. The van der Waals surface area contributed by atoms with Crippen molar-refractivity contribution in [1.29, 1.82) is 0 Å². The summed E-state index contributed by atoms with van der Waals surface area (Å²) in [4.78, 5) is 9.39. The van der Waals surface area contributed by atoms with E-state index < -0.39 is 23.8 Å². The minimum Gasteiger partial charge on any atom is -0.351 e. The fourth-order valence-corrected chi connectivity index (χ4v) is 9.31. The van der Waals surface area contributed by atoms with Crippen molar-refractivity contribution in [2.24, 2.45) is 5.41 Å². The van der Waals surface area contributed by atoms with Crippen LogP contribution in [0, 0.1) is 5.41 Å². The predicted molar refractivity (Wildman–Crippen MR) is 266 cm³/mol. The van der Waals surface area contributed by atoms with Gasteiger partial charge in [-0.15, -0.1) is 0 Å². The van der Waals surface area contributed by atoms with E-state index in [2.05, 4.69) is 55.2 Å². The Balaban J connectivity index is 1.25. The van der Waals surface area contributed by atoms with Crippen molar-refractivity contribution in [2.45, 2.75) is 175 Å². The van der Waals surface area contributed by atoms with Crippen LogP contribution in [-0.2, 0) is 51.1 Å². The Kier molecular flexibility index (Phi) is 22.2. The lowest BCUT2D eigenvalue weighted by molar-refractivity contribution is -0.316. The van der Waals surface area contributed by atoms with Crippen molar-refractivity contribution in [2.75, 3.05) is 81.3 Å². The minimum absolute atomic E-state index is 0.105. The number of nitrogens with zero attached hydrogens (tertiary/aromatic N) is 4. The molecule has 0 amide bonds. The number of fused-ring (bicyclic) bond motifs is 2. The number of allylic oxidation sites excluding steroid dienone is 2. The summed E-state index contributed by atoms with van der Waals surface area (Å²) in [5, 5.41) is 0. The first-order valence-electron chi connectivity index (χ1n) is 25.5. The molecule has 0 bridgehead atoms. The van der Waals surface area contributed by atoms with Gasteiger partial charge in [-0.25, -0.2) is 0 Å². The number of ether oxygens (including phenoxy) is 8. The zero-order valence-corrected chi connectivity index (χ0v) is 42.7. The molecule has 1 saturated heterocycles. The maximum atomic E-state index is 6.90. The first kappa shape index (κ1) is 54.3. The SMILES string of the molecule is C=C(CCCC)CCCCCCC[N+](C)(C)c1cncc2c1C(OCC1(COC3OCOCc4cncc([N+](C)(C)CCCCCCCC(=C)CCCC)c43)COC(C)(C)OC1)OCOC2. The van der Waals surface area contributed by atoms with E-state index in [0.717, 1.165) is 72.4 Å². The Morgan fingerprint density at radius 1 is 0.591 bits per heavy atom. The Morgan fingerprint density at radius 2 is 0.985 bits per heavy atom. The second kappa shape index (κ2) is 27.0. The molecule has 5 heterocycles. The highest BCUT2D eigenvalue weighted by Gasteiger charge is 2.44. The van der Waals surface area contributed by atoms with Crippen LogP contribution in [-0.4, -0.2) is 97.0 Å². The standard InChI is InChI=1S/C54H90N4O8/c1-11-13-25-43(3)27-21-17-15-19-23-29-57(7,8)47-33-55-31-45-35-59-41-63-51(49(45)47)61-37-54(39-65-53(5,6)66-40-54)38-62-52-50-46(36-60-42-64-52)32-56-34-48(50)58(9,10)30-24-20-16-18-22-28-44(4)26-14-12-2/h31-34,51-52H,3-4,11-30,35-42H2,1-2,5-10H3/q+2. The summed E-state index contributed by atoms with van der Waals surface area (Å²) in [5.74, 6) is -0.741. The normalized spacial score (nSPS) is 19.7. The summed E-state index contributed by atoms with van der Waals surface area (Å²) in [6.45, 7) is 21.1. The third kappa shape index (κ3) is 16.8. The number of quaternary nitrogens is 2. The highest BCUT2D eigenvalue weighted by Crippen LogP contribution is 2.41. The molecule has 2 aromatic heterocycles. The Hall–Kier alpha value is -2.62. The smallest absolute Gasteiger partial charge is 0.192 e. The van der Waals surface area contributed by atoms with Crippen LogP contribution < -0.4 is 8.97 Å². The van der Waals surface area contributed by atoms with Crippen molar-refractivity contribution < 1.29 is 37.9 Å². The highest BCUT2D eigenvalue weighted by atomic mass is 16.8. The second-order valence-electron chi connectivity index (χ2n) is 21.1. The fourth-order valence-electron chi connectivity index (χ4n) is 9.31. The molecule has 372 valence electrons. The largest absolute Gasteiger partial charge is 0.351 e. The molecule has 5 rings (SSSR count). The van der Waals surface area contributed by atoms with Crippen molar-refractivity contribution in [3.8, 4) is 0 Å². The van der Waals surface area contributed by atoms with E-state index in [9.17, 15) is 0 Å². The van der Waals surface area contributed by atoms with Crippen LogP contribution in [0.1, 0.15) is 178 Å². The molecule has 0 aromatic carbocycles. The number of pyridine rings is 2. The third-order valence-electron chi connectivity index (χ3n) is 13.8. The first-order valence-corrected chi connectivity index (χ1v) is 25.5. The molecule has 12 heteroatoms. The maximum absolute atomic E-state index is 6.90. The van der Waals surface area contributed by atoms with Crippen molar-refractivity contribution in [3.05, 3.63) is 71.3 Å². The summed E-state index contributed by atoms with van der Waals surface area (Å²) < 4.78 is 52.5. The van der Waals surface area contributed by atoms with Crippen LogP contribution in [0.25, 0.3) is 0 Å². The molecule has 3 aliphatic heterocycles. The quantitative estimate of drug-likeness (QED) is 0.0428. The summed E-state index contributed by atoms with van der Waals surface area (Å²) in [5.41, 5.74) is 8.20. The van der Waals surface area contributed by atoms with Gasteiger partial charge in [0.05, 0.1) is 110 Å². The molecule has 0 spiro atoms. The van der Waals surface area contributed by atoms with Crippen molar-refractivity contribution >= 4 is 11.4 Å². The lowest BCUT2D eigenvalue weighted by Crippen LogP contribution is -2.51. The molecule has 3 aliphatic rings. The summed E-state index contributed by atoms with van der Waals surface area (Å²) in [6.07, 6.45) is 28.0. The van der Waals surface area contributed by atoms with Crippen molar-refractivity contribution in [3.63, 3.8) is 0 Å². The Bertz CT molecular complexity index is 1660. The van der Waals surface area contributed by atoms with Gasteiger partial charge in [-0.1, -0.05) is 76.7 Å². The average Bonchev–Trinajstić information content (AvgIpc) is 3.65. The lowest BCUT2D eigenvalue weighted by atomic mass is 9.90. The third-order valence-corrected chi connectivity index (χ3v) is 13.8. The van der Waals surface area contributed by atoms with Gasteiger partial charge < -0.3 is 37.9 Å². The molecule has 0 saturated carbocycles. The van der Waals surface area contributed by atoms with E-state index in [-0.39, 0.29) is 26.8 Å². The molecule has 0 radical (unpaired) electrons. The molecule has 0 N–H and O–H groups in total.